The van der Waals surface area contributed by atoms with Gasteiger partial charge in [0.25, 0.3) is 0 Å². The molecule has 3 rings (SSSR count). The highest BCUT2D eigenvalue weighted by Crippen LogP contribution is 2.30. The van der Waals surface area contributed by atoms with Crippen LogP contribution in [0.2, 0.25) is 0 Å². The van der Waals surface area contributed by atoms with E-state index in [2.05, 4.69) is 9.55 Å². The molecule has 0 unspecified atom stereocenters. The van der Waals surface area contributed by atoms with Crippen LogP contribution in [0.1, 0.15) is 30.1 Å². The summed E-state index contributed by atoms with van der Waals surface area (Å²) in [4.78, 5) is 4.64. The van der Waals surface area contributed by atoms with Gasteiger partial charge in [0.15, 0.2) is 0 Å². The first-order valence-corrected chi connectivity index (χ1v) is 10.0. The summed E-state index contributed by atoms with van der Waals surface area (Å²) in [6.45, 7) is 2.25. The van der Waals surface area contributed by atoms with E-state index in [1.54, 1.807) is 31.5 Å². The van der Waals surface area contributed by atoms with Crippen LogP contribution in [-0.4, -0.2) is 49.1 Å². The summed E-state index contributed by atoms with van der Waals surface area (Å²) in [5.41, 5.74) is 0.348. The minimum Gasteiger partial charge on any atom is -0.383 e. The zero-order chi connectivity index (χ0) is 18.6. The lowest BCUT2D eigenvalue weighted by atomic mass is 9.97. The van der Waals surface area contributed by atoms with E-state index < -0.39 is 10.0 Å². The number of sulfonamides is 1. The highest BCUT2D eigenvalue weighted by Gasteiger charge is 2.31. The molecule has 1 saturated heterocycles. The minimum absolute atomic E-state index is 0.177. The zero-order valence-electron chi connectivity index (χ0n) is 14.7. The average Bonchev–Trinajstić information content (AvgIpc) is 3.15. The van der Waals surface area contributed by atoms with Gasteiger partial charge in [-0.1, -0.05) is 6.07 Å². The van der Waals surface area contributed by atoms with E-state index in [0.717, 1.165) is 25.2 Å². The normalized spacial score (nSPS) is 16.5. The van der Waals surface area contributed by atoms with Gasteiger partial charge in [-0.3, -0.25) is 0 Å². The van der Waals surface area contributed by atoms with Crippen LogP contribution in [0.15, 0.2) is 41.6 Å². The number of methoxy groups -OCH3 is 1. The fraction of sp³-hybridized carbons (Fsp3) is 0.444. The molecule has 0 bridgehead atoms. The van der Waals surface area contributed by atoms with Crippen molar-refractivity contribution in [2.24, 2.45) is 0 Å². The van der Waals surface area contributed by atoms with Gasteiger partial charge in [0.1, 0.15) is 5.82 Å². The number of benzene rings is 1. The molecule has 1 aliphatic rings. The van der Waals surface area contributed by atoms with Gasteiger partial charge >= 0.3 is 0 Å². The van der Waals surface area contributed by atoms with E-state index in [-0.39, 0.29) is 10.8 Å². The summed E-state index contributed by atoms with van der Waals surface area (Å²) in [6, 6.07) is 8.16. The van der Waals surface area contributed by atoms with Crippen molar-refractivity contribution in [1.82, 2.24) is 13.9 Å². The van der Waals surface area contributed by atoms with Crippen molar-refractivity contribution < 1.29 is 13.2 Å². The topological polar surface area (TPSA) is 88.2 Å². The Morgan fingerprint density at radius 2 is 2.12 bits per heavy atom. The molecule has 0 atom stereocenters. The number of hydrogen-bond donors (Lipinski definition) is 0. The molecule has 8 heteroatoms. The molecule has 0 aliphatic carbocycles. The lowest BCUT2D eigenvalue weighted by molar-refractivity contribution is 0.185. The minimum atomic E-state index is -3.58. The molecule has 0 saturated carbocycles. The van der Waals surface area contributed by atoms with Crippen molar-refractivity contribution in [1.29, 1.82) is 5.26 Å². The van der Waals surface area contributed by atoms with Crippen molar-refractivity contribution in [3.8, 4) is 6.07 Å². The number of rotatable bonds is 6. The summed E-state index contributed by atoms with van der Waals surface area (Å²) in [5.74, 6) is 1.23. The van der Waals surface area contributed by atoms with Crippen molar-refractivity contribution in [2.45, 2.75) is 30.2 Å². The van der Waals surface area contributed by atoms with Crippen LogP contribution in [0, 0.1) is 11.3 Å². The molecule has 1 aromatic heterocycles. The van der Waals surface area contributed by atoms with Gasteiger partial charge in [-0.2, -0.15) is 9.57 Å². The van der Waals surface area contributed by atoms with E-state index in [0.29, 0.717) is 25.3 Å². The van der Waals surface area contributed by atoms with Crippen LogP contribution in [0.3, 0.4) is 0 Å². The van der Waals surface area contributed by atoms with Gasteiger partial charge in [-0.15, -0.1) is 0 Å². The first-order chi connectivity index (χ1) is 12.6. The van der Waals surface area contributed by atoms with E-state index >= 15 is 0 Å². The summed E-state index contributed by atoms with van der Waals surface area (Å²) in [7, 11) is -1.91. The number of imidazole rings is 1. The van der Waals surface area contributed by atoms with Gasteiger partial charge in [-0.05, 0) is 31.0 Å². The van der Waals surface area contributed by atoms with Crippen LogP contribution in [0.4, 0.5) is 0 Å². The number of nitrogens with zero attached hydrogens (tertiary/aromatic N) is 4. The van der Waals surface area contributed by atoms with Crippen molar-refractivity contribution >= 4 is 10.0 Å². The third-order valence-electron chi connectivity index (χ3n) is 4.70. The average molecular weight is 374 g/mol. The number of piperidine rings is 1. The number of ether oxygens (including phenoxy) is 1. The molecule has 138 valence electrons. The Kier molecular flexibility index (Phi) is 5.71. The third kappa shape index (κ3) is 3.80. The summed E-state index contributed by atoms with van der Waals surface area (Å²) in [6.07, 6.45) is 5.16. The molecule has 0 radical (unpaired) electrons. The van der Waals surface area contributed by atoms with Crippen LogP contribution < -0.4 is 0 Å². The molecule has 7 nitrogen and oxygen atoms in total. The molecular weight excluding hydrogens is 352 g/mol. The van der Waals surface area contributed by atoms with E-state index in [1.807, 2.05) is 12.3 Å². The molecule has 2 heterocycles. The van der Waals surface area contributed by atoms with Gasteiger partial charge < -0.3 is 9.30 Å². The Labute approximate surface area is 153 Å². The van der Waals surface area contributed by atoms with Gasteiger partial charge in [0.05, 0.1) is 23.1 Å². The second-order valence-corrected chi connectivity index (χ2v) is 8.23. The van der Waals surface area contributed by atoms with E-state index in [1.165, 1.54) is 10.4 Å². The van der Waals surface area contributed by atoms with Crippen molar-refractivity contribution in [3.63, 3.8) is 0 Å². The van der Waals surface area contributed by atoms with Crippen LogP contribution in [0.5, 0.6) is 0 Å². The lowest BCUT2D eigenvalue weighted by Crippen LogP contribution is -2.38. The number of nitriles is 1. The van der Waals surface area contributed by atoms with E-state index in [9.17, 15) is 8.42 Å². The standard InChI is InChI=1S/C18H22N4O3S/c1-25-12-11-21-10-7-20-18(21)16-5-8-22(9-6-16)26(23,24)17-4-2-3-15(13-17)14-19/h2-4,7,10,13,16H,5-6,8-9,11-12H2,1H3. The Morgan fingerprint density at radius 3 is 2.81 bits per heavy atom. The molecule has 1 aromatic carbocycles. The molecule has 0 spiro atoms. The predicted octanol–water partition coefficient (Wildman–Crippen LogP) is 1.97. The Balaban J connectivity index is 1.70. The fourth-order valence-electron chi connectivity index (χ4n) is 3.29. The van der Waals surface area contributed by atoms with Gasteiger partial charge in [0, 0.05) is 45.1 Å². The summed E-state index contributed by atoms with van der Waals surface area (Å²) >= 11 is 0. The van der Waals surface area contributed by atoms with Gasteiger partial charge in [-0.25, -0.2) is 13.4 Å². The zero-order valence-corrected chi connectivity index (χ0v) is 15.5. The maximum absolute atomic E-state index is 12.8. The molecule has 0 amide bonds. The number of aromatic nitrogens is 2. The second kappa shape index (κ2) is 7.99. The fourth-order valence-corrected chi connectivity index (χ4v) is 4.80. The molecule has 1 fully saturated rings. The highest BCUT2D eigenvalue weighted by molar-refractivity contribution is 7.89. The monoisotopic (exact) mass is 374 g/mol. The van der Waals surface area contributed by atoms with Crippen molar-refractivity contribution in [3.05, 3.63) is 48.0 Å². The SMILES string of the molecule is COCCn1ccnc1C1CCN(S(=O)(=O)c2cccc(C#N)c2)CC1. The van der Waals surface area contributed by atoms with Crippen LogP contribution >= 0.6 is 0 Å². The molecule has 1 aliphatic heterocycles. The first kappa shape index (κ1) is 18.6. The third-order valence-corrected chi connectivity index (χ3v) is 6.60. The van der Waals surface area contributed by atoms with Crippen molar-refractivity contribution in [2.75, 3.05) is 26.8 Å². The quantitative estimate of drug-likeness (QED) is 0.771. The predicted molar refractivity (Wildman–Crippen MR) is 96.0 cm³/mol. The molecule has 2 aromatic rings. The van der Waals surface area contributed by atoms with Crippen LogP contribution in [-0.2, 0) is 21.3 Å². The van der Waals surface area contributed by atoms with E-state index in [4.69, 9.17) is 10.00 Å². The summed E-state index contributed by atoms with van der Waals surface area (Å²) in [5, 5.41) is 8.99. The summed E-state index contributed by atoms with van der Waals surface area (Å²) < 4.78 is 34.4. The Morgan fingerprint density at radius 1 is 1.35 bits per heavy atom. The maximum Gasteiger partial charge on any atom is 0.243 e. The Bertz CT molecular complexity index is 893. The molecule has 0 N–H and O–H groups in total. The molecule has 26 heavy (non-hydrogen) atoms. The second-order valence-electron chi connectivity index (χ2n) is 6.29. The van der Waals surface area contributed by atoms with Gasteiger partial charge in [0.2, 0.25) is 10.0 Å². The maximum atomic E-state index is 12.8. The Hall–Kier alpha value is -2.21. The largest absolute Gasteiger partial charge is 0.383 e. The molecular formula is C18H22N4O3S. The lowest BCUT2D eigenvalue weighted by Gasteiger charge is -2.31. The number of hydrogen-bond acceptors (Lipinski definition) is 5. The highest BCUT2D eigenvalue weighted by atomic mass is 32.2. The smallest absolute Gasteiger partial charge is 0.243 e. The first-order valence-electron chi connectivity index (χ1n) is 8.56. The van der Waals surface area contributed by atoms with Crippen LogP contribution in [0.25, 0.3) is 0 Å².